The van der Waals surface area contributed by atoms with E-state index in [-0.39, 0.29) is 12.1 Å². The molecule has 4 nitrogen and oxygen atoms in total. The third kappa shape index (κ3) is 5.81. The fraction of sp³-hybridized carbons (Fsp3) is 0.933. The molecule has 1 rings (SSSR count). The molecular weight excluding hydrogens is 240 g/mol. The molecule has 0 aromatic heterocycles. The van der Waals surface area contributed by atoms with Gasteiger partial charge in [0, 0.05) is 12.6 Å². The van der Waals surface area contributed by atoms with Gasteiger partial charge in [-0.1, -0.05) is 19.8 Å². The minimum absolute atomic E-state index is 0.163. The quantitative estimate of drug-likeness (QED) is 0.857. The summed E-state index contributed by atoms with van der Waals surface area (Å²) in [5.74, 6) is 0.452. The number of nitrogens with zero attached hydrogens (tertiary/aromatic N) is 1. The summed E-state index contributed by atoms with van der Waals surface area (Å²) < 4.78 is 5.53. The van der Waals surface area contributed by atoms with E-state index in [2.05, 4.69) is 6.92 Å². The molecule has 0 radical (unpaired) electrons. The third-order valence-corrected chi connectivity index (χ3v) is 3.58. The molecule has 2 atom stereocenters. The summed E-state index contributed by atoms with van der Waals surface area (Å²) in [5, 5.41) is 0. The van der Waals surface area contributed by atoms with Crippen LogP contribution in [-0.2, 0) is 4.74 Å². The summed E-state index contributed by atoms with van der Waals surface area (Å²) in [6.45, 7) is 9.40. The number of hydrogen-bond acceptors (Lipinski definition) is 3. The monoisotopic (exact) mass is 270 g/mol. The van der Waals surface area contributed by atoms with Crippen molar-refractivity contribution in [1.82, 2.24) is 4.90 Å². The Morgan fingerprint density at radius 3 is 2.63 bits per heavy atom. The van der Waals surface area contributed by atoms with Gasteiger partial charge >= 0.3 is 6.09 Å². The maximum absolute atomic E-state index is 12.3. The highest BCUT2D eigenvalue weighted by molar-refractivity contribution is 5.68. The van der Waals surface area contributed by atoms with Crippen molar-refractivity contribution in [3.05, 3.63) is 0 Å². The lowest BCUT2D eigenvalue weighted by Gasteiger charge is -2.33. The molecule has 112 valence electrons. The van der Waals surface area contributed by atoms with Crippen molar-refractivity contribution in [2.24, 2.45) is 11.7 Å². The SMILES string of the molecule is CC(CN)CC1CCCCCN1C(=O)OC(C)(C)C. The number of rotatable bonds is 3. The van der Waals surface area contributed by atoms with E-state index in [1.165, 1.54) is 12.8 Å². The molecule has 1 aliphatic rings. The van der Waals surface area contributed by atoms with E-state index in [1.54, 1.807) is 0 Å². The van der Waals surface area contributed by atoms with Crippen LogP contribution in [0.1, 0.15) is 59.8 Å². The molecule has 19 heavy (non-hydrogen) atoms. The van der Waals surface area contributed by atoms with Gasteiger partial charge in [-0.05, 0) is 52.5 Å². The van der Waals surface area contributed by atoms with E-state index in [9.17, 15) is 4.79 Å². The Hall–Kier alpha value is -0.770. The van der Waals surface area contributed by atoms with Gasteiger partial charge in [0.1, 0.15) is 5.60 Å². The van der Waals surface area contributed by atoms with Gasteiger partial charge in [0.25, 0.3) is 0 Å². The predicted molar refractivity (Wildman–Crippen MR) is 78.0 cm³/mol. The zero-order chi connectivity index (χ0) is 14.5. The number of nitrogens with two attached hydrogens (primary N) is 1. The Kier molecular flexibility index (Phi) is 6.11. The Labute approximate surface area is 117 Å². The first kappa shape index (κ1) is 16.3. The summed E-state index contributed by atoms with van der Waals surface area (Å²) in [7, 11) is 0. The molecular formula is C15H30N2O2. The van der Waals surface area contributed by atoms with Crippen molar-refractivity contribution in [2.45, 2.75) is 71.4 Å². The van der Waals surface area contributed by atoms with Crippen LogP contribution in [0.3, 0.4) is 0 Å². The molecule has 0 saturated carbocycles. The van der Waals surface area contributed by atoms with Crippen LogP contribution < -0.4 is 5.73 Å². The molecule has 1 fully saturated rings. The molecule has 4 heteroatoms. The smallest absolute Gasteiger partial charge is 0.410 e. The van der Waals surface area contributed by atoms with Gasteiger partial charge in [-0.15, -0.1) is 0 Å². The van der Waals surface area contributed by atoms with E-state index in [1.807, 2.05) is 25.7 Å². The number of carbonyl (C=O) groups excluding carboxylic acids is 1. The summed E-state index contributed by atoms with van der Waals surface area (Å²) in [6, 6.07) is 0.288. The molecule has 1 saturated heterocycles. The number of likely N-dealkylation sites (tertiary alicyclic amines) is 1. The Bertz CT molecular complexity index is 286. The van der Waals surface area contributed by atoms with E-state index in [0.717, 1.165) is 25.8 Å². The second-order valence-electron chi connectivity index (χ2n) is 6.75. The summed E-state index contributed by atoms with van der Waals surface area (Å²) in [6.07, 6.45) is 5.36. The molecule has 0 aromatic rings. The summed E-state index contributed by atoms with van der Waals surface area (Å²) >= 11 is 0. The van der Waals surface area contributed by atoms with Crippen LogP contribution in [-0.4, -0.2) is 35.7 Å². The fourth-order valence-electron chi connectivity index (χ4n) is 2.54. The molecule has 2 N–H and O–H groups in total. The van der Waals surface area contributed by atoms with Crippen LogP contribution in [0.5, 0.6) is 0 Å². The minimum Gasteiger partial charge on any atom is -0.444 e. The van der Waals surface area contributed by atoms with Gasteiger partial charge in [-0.2, -0.15) is 0 Å². The predicted octanol–water partition coefficient (Wildman–Crippen LogP) is 3.15. The molecule has 1 heterocycles. The van der Waals surface area contributed by atoms with E-state index in [4.69, 9.17) is 10.5 Å². The van der Waals surface area contributed by atoms with E-state index < -0.39 is 5.60 Å². The maximum Gasteiger partial charge on any atom is 0.410 e. The van der Waals surface area contributed by atoms with Crippen LogP contribution >= 0.6 is 0 Å². The average Bonchev–Trinajstić information content (AvgIpc) is 2.52. The highest BCUT2D eigenvalue weighted by Crippen LogP contribution is 2.24. The Morgan fingerprint density at radius 2 is 2.05 bits per heavy atom. The lowest BCUT2D eigenvalue weighted by Crippen LogP contribution is -2.44. The average molecular weight is 270 g/mol. The molecule has 1 amide bonds. The van der Waals surface area contributed by atoms with E-state index in [0.29, 0.717) is 12.5 Å². The van der Waals surface area contributed by atoms with Crippen LogP contribution in [0.25, 0.3) is 0 Å². The molecule has 2 unspecified atom stereocenters. The Balaban J connectivity index is 2.70. The molecule has 0 bridgehead atoms. The van der Waals surface area contributed by atoms with Gasteiger partial charge in [0.15, 0.2) is 0 Å². The normalized spacial score (nSPS) is 22.8. The summed E-state index contributed by atoms with van der Waals surface area (Å²) in [4.78, 5) is 14.3. The van der Waals surface area contributed by atoms with Gasteiger partial charge in [-0.25, -0.2) is 4.79 Å². The first-order valence-corrected chi connectivity index (χ1v) is 7.53. The van der Waals surface area contributed by atoms with Crippen molar-refractivity contribution in [3.8, 4) is 0 Å². The zero-order valence-corrected chi connectivity index (χ0v) is 12.9. The first-order valence-electron chi connectivity index (χ1n) is 7.53. The summed E-state index contributed by atoms with van der Waals surface area (Å²) in [5.41, 5.74) is 5.29. The molecule has 1 aliphatic heterocycles. The topological polar surface area (TPSA) is 55.6 Å². The van der Waals surface area contributed by atoms with Gasteiger partial charge < -0.3 is 15.4 Å². The first-order chi connectivity index (χ1) is 8.83. The third-order valence-electron chi connectivity index (χ3n) is 3.58. The lowest BCUT2D eigenvalue weighted by molar-refractivity contribution is 0.0145. The minimum atomic E-state index is -0.423. The molecule has 0 spiro atoms. The highest BCUT2D eigenvalue weighted by atomic mass is 16.6. The molecule has 0 aromatic carbocycles. The standard InChI is InChI=1S/C15H30N2O2/c1-12(11-16)10-13-8-6-5-7-9-17(13)14(18)19-15(2,3)4/h12-13H,5-11,16H2,1-4H3. The number of ether oxygens (including phenoxy) is 1. The fourth-order valence-corrected chi connectivity index (χ4v) is 2.54. The van der Waals surface area contributed by atoms with Crippen molar-refractivity contribution in [2.75, 3.05) is 13.1 Å². The highest BCUT2D eigenvalue weighted by Gasteiger charge is 2.29. The van der Waals surface area contributed by atoms with Gasteiger partial charge in [0.2, 0.25) is 0 Å². The largest absolute Gasteiger partial charge is 0.444 e. The van der Waals surface area contributed by atoms with Crippen molar-refractivity contribution >= 4 is 6.09 Å². The van der Waals surface area contributed by atoms with Crippen molar-refractivity contribution in [1.29, 1.82) is 0 Å². The van der Waals surface area contributed by atoms with E-state index >= 15 is 0 Å². The zero-order valence-electron chi connectivity index (χ0n) is 12.9. The van der Waals surface area contributed by atoms with Crippen LogP contribution in [0.2, 0.25) is 0 Å². The molecule has 0 aliphatic carbocycles. The Morgan fingerprint density at radius 1 is 1.37 bits per heavy atom. The number of amides is 1. The van der Waals surface area contributed by atoms with Crippen molar-refractivity contribution < 1.29 is 9.53 Å². The van der Waals surface area contributed by atoms with Crippen LogP contribution in [0.15, 0.2) is 0 Å². The lowest BCUT2D eigenvalue weighted by atomic mass is 9.97. The van der Waals surface area contributed by atoms with Gasteiger partial charge in [-0.3, -0.25) is 0 Å². The second-order valence-corrected chi connectivity index (χ2v) is 6.75. The maximum atomic E-state index is 12.3. The van der Waals surface area contributed by atoms with Crippen LogP contribution in [0.4, 0.5) is 4.79 Å². The number of hydrogen-bond donors (Lipinski definition) is 1. The second kappa shape index (κ2) is 7.13. The number of carbonyl (C=O) groups is 1. The van der Waals surface area contributed by atoms with Gasteiger partial charge in [0.05, 0.1) is 0 Å². The van der Waals surface area contributed by atoms with Crippen LogP contribution in [0, 0.1) is 5.92 Å². The van der Waals surface area contributed by atoms with Crippen molar-refractivity contribution in [3.63, 3.8) is 0 Å².